The maximum atomic E-state index is 12.5. The van der Waals surface area contributed by atoms with Crippen molar-refractivity contribution < 1.29 is 4.79 Å². The molecule has 2 fully saturated rings. The average Bonchev–Trinajstić information content (AvgIpc) is 2.88. The number of nitrogens with one attached hydrogen (secondary N) is 1. The number of benzene rings is 1. The fourth-order valence-corrected chi connectivity index (χ4v) is 6.68. The largest absolute Gasteiger partial charge is 0.321 e. The van der Waals surface area contributed by atoms with Crippen LogP contribution in [0.5, 0.6) is 0 Å². The standard InChI is InChI=1S/C24H30BrNO/c1-15-6-11-21-23(2,3)12-5-13-24(21,4)19(15)10-9-18-17-8-7-16(25)14-20(17)26-22(18)27/h7-9,14,19,21H,1,5-6,10-13H2,2-4H3,(H,26,27)/b18-9+/t19-,21-,24+/m0/s1. The van der Waals surface area contributed by atoms with E-state index in [1.54, 1.807) is 0 Å². The zero-order valence-corrected chi connectivity index (χ0v) is 18.3. The van der Waals surface area contributed by atoms with Gasteiger partial charge in [-0.15, -0.1) is 0 Å². The van der Waals surface area contributed by atoms with Gasteiger partial charge in [-0.2, -0.15) is 0 Å². The summed E-state index contributed by atoms with van der Waals surface area (Å²) >= 11 is 3.49. The second kappa shape index (κ2) is 6.62. The van der Waals surface area contributed by atoms with Gasteiger partial charge < -0.3 is 5.32 Å². The van der Waals surface area contributed by atoms with Gasteiger partial charge in [0, 0.05) is 15.6 Å². The number of allylic oxidation sites excluding steroid dienone is 2. The third-order valence-electron chi connectivity index (χ3n) is 7.64. The van der Waals surface area contributed by atoms with Gasteiger partial charge in [-0.3, -0.25) is 4.79 Å². The molecule has 3 atom stereocenters. The van der Waals surface area contributed by atoms with Crippen molar-refractivity contribution in [2.45, 2.75) is 59.3 Å². The number of carbonyl (C=O) groups excluding carboxylic acids is 1. The monoisotopic (exact) mass is 427 g/mol. The molecule has 27 heavy (non-hydrogen) atoms. The molecule has 4 rings (SSSR count). The number of anilines is 1. The van der Waals surface area contributed by atoms with Crippen molar-refractivity contribution in [2.75, 3.05) is 5.32 Å². The molecule has 1 heterocycles. The van der Waals surface area contributed by atoms with Crippen molar-refractivity contribution in [3.05, 3.63) is 46.5 Å². The Morgan fingerprint density at radius 3 is 2.85 bits per heavy atom. The van der Waals surface area contributed by atoms with Gasteiger partial charge in [-0.25, -0.2) is 0 Å². The van der Waals surface area contributed by atoms with E-state index in [-0.39, 0.29) is 5.91 Å². The Morgan fingerprint density at radius 2 is 2.07 bits per heavy atom. The van der Waals surface area contributed by atoms with Crippen molar-refractivity contribution in [3.8, 4) is 0 Å². The minimum atomic E-state index is 0.0233. The Kier molecular flexibility index (Phi) is 4.65. The number of rotatable bonds is 2. The summed E-state index contributed by atoms with van der Waals surface area (Å²) in [6, 6.07) is 6.02. The molecule has 0 unspecified atom stereocenters. The van der Waals surface area contributed by atoms with Crippen molar-refractivity contribution in [3.63, 3.8) is 0 Å². The molecule has 2 aliphatic carbocycles. The lowest BCUT2D eigenvalue weighted by Gasteiger charge is -2.58. The van der Waals surface area contributed by atoms with Crippen molar-refractivity contribution in [1.29, 1.82) is 0 Å². The topological polar surface area (TPSA) is 29.1 Å². The van der Waals surface area contributed by atoms with Gasteiger partial charge >= 0.3 is 0 Å². The van der Waals surface area contributed by atoms with E-state index in [0.717, 1.165) is 40.1 Å². The molecule has 144 valence electrons. The predicted molar refractivity (Wildman–Crippen MR) is 116 cm³/mol. The molecule has 2 nitrogen and oxygen atoms in total. The van der Waals surface area contributed by atoms with Gasteiger partial charge in [0.2, 0.25) is 0 Å². The zero-order chi connectivity index (χ0) is 19.4. The number of hydrogen-bond donors (Lipinski definition) is 1. The van der Waals surface area contributed by atoms with Crippen LogP contribution in [0.15, 0.2) is 40.9 Å². The van der Waals surface area contributed by atoms with Crippen LogP contribution in [0.3, 0.4) is 0 Å². The van der Waals surface area contributed by atoms with E-state index in [9.17, 15) is 4.79 Å². The van der Waals surface area contributed by atoms with Crippen LogP contribution >= 0.6 is 15.9 Å². The first-order chi connectivity index (χ1) is 12.7. The maximum absolute atomic E-state index is 12.5. The number of amides is 1. The molecule has 1 amide bonds. The van der Waals surface area contributed by atoms with E-state index in [2.05, 4.69) is 54.7 Å². The first-order valence-corrected chi connectivity index (χ1v) is 11.0. The minimum absolute atomic E-state index is 0.0233. The Bertz CT molecular complexity index is 837. The Balaban J connectivity index is 1.65. The predicted octanol–water partition coefficient (Wildman–Crippen LogP) is 6.97. The highest BCUT2D eigenvalue weighted by molar-refractivity contribution is 9.10. The molecule has 3 aliphatic rings. The summed E-state index contributed by atoms with van der Waals surface area (Å²) < 4.78 is 0.989. The molecular weight excluding hydrogens is 398 g/mol. The zero-order valence-electron chi connectivity index (χ0n) is 16.7. The molecule has 0 spiro atoms. The van der Waals surface area contributed by atoms with Crippen LogP contribution < -0.4 is 5.32 Å². The van der Waals surface area contributed by atoms with Gasteiger partial charge in [0.25, 0.3) is 5.91 Å². The van der Waals surface area contributed by atoms with Crippen LogP contribution in [0.2, 0.25) is 0 Å². The molecule has 3 heteroatoms. The summed E-state index contributed by atoms with van der Waals surface area (Å²) in [4.78, 5) is 12.5. The summed E-state index contributed by atoms with van der Waals surface area (Å²) in [6.45, 7) is 11.9. The number of hydrogen-bond acceptors (Lipinski definition) is 1. The minimum Gasteiger partial charge on any atom is -0.321 e. The number of halogens is 1. The first-order valence-electron chi connectivity index (χ1n) is 10.2. The highest BCUT2D eigenvalue weighted by Crippen LogP contribution is 2.61. The molecule has 1 aromatic rings. The quantitative estimate of drug-likeness (QED) is 0.400. The van der Waals surface area contributed by atoms with Gasteiger partial charge in [0.05, 0.1) is 5.69 Å². The van der Waals surface area contributed by atoms with E-state index < -0.39 is 0 Å². The maximum Gasteiger partial charge on any atom is 0.256 e. The molecule has 1 aliphatic heterocycles. The van der Waals surface area contributed by atoms with Gasteiger partial charge in [-0.1, -0.05) is 67.4 Å². The third-order valence-corrected chi connectivity index (χ3v) is 8.13. The smallest absolute Gasteiger partial charge is 0.256 e. The van der Waals surface area contributed by atoms with Crippen molar-refractivity contribution in [2.24, 2.45) is 22.7 Å². The van der Waals surface area contributed by atoms with Gasteiger partial charge in [0.1, 0.15) is 0 Å². The Morgan fingerprint density at radius 1 is 1.30 bits per heavy atom. The lowest BCUT2D eigenvalue weighted by Crippen LogP contribution is -2.49. The molecular formula is C24H30BrNO. The summed E-state index contributed by atoms with van der Waals surface area (Å²) in [7, 11) is 0. The van der Waals surface area contributed by atoms with E-state index in [1.165, 1.54) is 31.3 Å². The van der Waals surface area contributed by atoms with Crippen LogP contribution in [-0.2, 0) is 4.79 Å². The summed E-state index contributed by atoms with van der Waals surface area (Å²) in [5, 5.41) is 3.01. The van der Waals surface area contributed by atoms with Crippen LogP contribution in [0, 0.1) is 22.7 Å². The highest BCUT2D eigenvalue weighted by Gasteiger charge is 2.52. The highest BCUT2D eigenvalue weighted by atomic mass is 79.9. The Labute approximate surface area is 171 Å². The van der Waals surface area contributed by atoms with Crippen LogP contribution in [0.4, 0.5) is 5.69 Å². The normalized spacial score (nSPS) is 33.6. The SMILES string of the molecule is C=C1CC[C@H]2C(C)(C)CCC[C@]2(C)[C@H]1C/C=C1/C(=O)Nc2cc(Br)ccc21. The van der Waals surface area contributed by atoms with E-state index in [4.69, 9.17) is 0 Å². The molecule has 0 saturated heterocycles. The molecule has 0 bridgehead atoms. The molecule has 2 saturated carbocycles. The van der Waals surface area contributed by atoms with Crippen LogP contribution in [0.25, 0.3) is 5.57 Å². The summed E-state index contributed by atoms with van der Waals surface area (Å²) in [5.41, 5.74) is 4.85. The lowest BCUT2D eigenvalue weighted by molar-refractivity contribution is -0.110. The Hall–Kier alpha value is -1.35. The van der Waals surface area contributed by atoms with Crippen molar-refractivity contribution >= 4 is 33.1 Å². The van der Waals surface area contributed by atoms with Crippen LogP contribution in [-0.4, -0.2) is 5.91 Å². The number of fused-ring (bicyclic) bond motifs is 2. The fraction of sp³-hybridized carbons (Fsp3) is 0.542. The van der Waals surface area contributed by atoms with E-state index in [0.29, 0.717) is 16.7 Å². The second-order valence-corrected chi connectivity index (χ2v) is 10.6. The molecule has 1 aromatic carbocycles. The third kappa shape index (κ3) is 3.12. The average molecular weight is 428 g/mol. The lowest BCUT2D eigenvalue weighted by atomic mass is 9.47. The van der Waals surface area contributed by atoms with Crippen LogP contribution in [0.1, 0.15) is 64.9 Å². The molecule has 1 N–H and O–H groups in total. The summed E-state index contributed by atoms with van der Waals surface area (Å²) in [5.74, 6) is 1.24. The van der Waals surface area contributed by atoms with Gasteiger partial charge in [0.15, 0.2) is 0 Å². The first kappa shape index (κ1) is 19.0. The van der Waals surface area contributed by atoms with Gasteiger partial charge in [-0.05, 0) is 66.9 Å². The van der Waals surface area contributed by atoms with E-state index in [1.807, 2.05) is 18.2 Å². The fourth-order valence-electron chi connectivity index (χ4n) is 6.31. The van der Waals surface area contributed by atoms with E-state index >= 15 is 0 Å². The molecule has 0 aromatic heterocycles. The summed E-state index contributed by atoms with van der Waals surface area (Å²) in [6.07, 6.45) is 9.42. The van der Waals surface area contributed by atoms with Crippen molar-refractivity contribution in [1.82, 2.24) is 0 Å². The second-order valence-electron chi connectivity index (χ2n) is 9.65. The number of carbonyl (C=O) groups is 1. The molecule has 0 radical (unpaired) electrons.